The van der Waals surface area contributed by atoms with E-state index in [-0.39, 0.29) is 41.6 Å². The van der Waals surface area contributed by atoms with Gasteiger partial charge in [0.05, 0.1) is 36.2 Å². The minimum absolute atomic E-state index is 0.0154. The highest BCUT2D eigenvalue weighted by Crippen LogP contribution is 2.57. The molecule has 3 aliphatic heterocycles. The Bertz CT molecular complexity index is 1170. The summed E-state index contributed by atoms with van der Waals surface area (Å²) in [5.74, 6) is -5.40. The molecule has 1 aromatic rings. The highest BCUT2D eigenvalue weighted by atomic mass is 35.5. The number of ether oxygens (including phenoxy) is 5. The van der Waals surface area contributed by atoms with E-state index in [9.17, 15) is 24.9 Å². The van der Waals surface area contributed by atoms with Gasteiger partial charge in [-0.15, -0.1) is 0 Å². The molecule has 10 nitrogen and oxygen atoms in total. The van der Waals surface area contributed by atoms with Gasteiger partial charge >= 0.3 is 11.9 Å². The Morgan fingerprint density at radius 1 is 1.09 bits per heavy atom. The summed E-state index contributed by atoms with van der Waals surface area (Å²) in [5.41, 5.74) is 0.176. The fourth-order valence-electron chi connectivity index (χ4n) is 6.98. The number of esters is 2. The van der Waals surface area contributed by atoms with Crippen LogP contribution in [0.25, 0.3) is 0 Å². The molecule has 0 saturated carbocycles. The van der Waals surface area contributed by atoms with Crippen LogP contribution in [0.15, 0.2) is 18.2 Å². The van der Waals surface area contributed by atoms with Gasteiger partial charge in [0.1, 0.15) is 18.0 Å². The number of carbonyl (C=O) groups excluding carboxylic acids is 2. The molecule has 3 bridgehead atoms. The number of halogens is 1. The van der Waals surface area contributed by atoms with Gasteiger partial charge in [0.15, 0.2) is 11.6 Å². The van der Waals surface area contributed by atoms with Gasteiger partial charge in [-0.1, -0.05) is 52.3 Å². The molecular formula is C32H47ClO10. The van der Waals surface area contributed by atoms with Crippen molar-refractivity contribution in [3.63, 3.8) is 0 Å². The Kier molecular flexibility index (Phi) is 10.1. The van der Waals surface area contributed by atoms with Gasteiger partial charge in [-0.2, -0.15) is 0 Å². The predicted octanol–water partition coefficient (Wildman–Crippen LogP) is 5.04. The van der Waals surface area contributed by atoms with E-state index in [0.717, 1.165) is 5.56 Å². The van der Waals surface area contributed by atoms with Gasteiger partial charge in [0.25, 0.3) is 0 Å². The number of hydrogen-bond donors (Lipinski definition) is 3. The summed E-state index contributed by atoms with van der Waals surface area (Å²) in [4.78, 5) is 26.1. The molecule has 10 atom stereocenters. The number of hydrogen-bond acceptors (Lipinski definition) is 10. The number of carbonyl (C=O) groups is 2. The molecule has 0 aromatic heterocycles. The zero-order chi connectivity index (χ0) is 31.9. The molecule has 242 valence electrons. The number of fused-ring (bicyclic) bond motifs is 2. The minimum atomic E-state index is -1.89. The number of aliphatic hydroxyl groups excluding tert-OH is 1. The summed E-state index contributed by atoms with van der Waals surface area (Å²) in [5, 5.41) is 32.4. The Balaban J connectivity index is 1.66. The number of cyclic esters (lactones) is 1. The second-order valence-corrected chi connectivity index (χ2v) is 13.9. The van der Waals surface area contributed by atoms with Crippen molar-refractivity contribution in [2.75, 3.05) is 7.11 Å². The van der Waals surface area contributed by atoms with E-state index in [4.69, 9.17) is 35.3 Å². The Labute approximate surface area is 258 Å². The third-order valence-electron chi connectivity index (χ3n) is 9.80. The SMILES string of the molecule is CO[C@@H](CC[C@H](C)[C@H]1O[C@@]23C[C@H](OC(=O)C[C@H]([C@@H](C)O)OC(=O)C[C@](O)(O2)[C@H](C)CC3(C)C)C1C)c1ccc(Cl)c(O)c1. The lowest BCUT2D eigenvalue weighted by atomic mass is 9.66. The summed E-state index contributed by atoms with van der Waals surface area (Å²) >= 11 is 6.00. The van der Waals surface area contributed by atoms with E-state index < -0.39 is 65.7 Å². The van der Waals surface area contributed by atoms with Crippen LogP contribution in [-0.4, -0.2) is 70.4 Å². The third-order valence-corrected chi connectivity index (χ3v) is 10.1. The maximum atomic E-state index is 13.2. The van der Waals surface area contributed by atoms with Gasteiger partial charge in [0, 0.05) is 30.8 Å². The van der Waals surface area contributed by atoms with Crippen molar-refractivity contribution in [3.8, 4) is 5.75 Å². The lowest BCUT2D eigenvalue weighted by Crippen LogP contribution is -2.68. The lowest BCUT2D eigenvalue weighted by Gasteiger charge is -2.61. The molecule has 3 aliphatic rings. The van der Waals surface area contributed by atoms with Crippen molar-refractivity contribution < 1.29 is 48.6 Å². The Morgan fingerprint density at radius 3 is 2.42 bits per heavy atom. The summed E-state index contributed by atoms with van der Waals surface area (Å²) in [6, 6.07) is 5.05. The third kappa shape index (κ3) is 6.99. The van der Waals surface area contributed by atoms with E-state index in [1.165, 1.54) is 6.92 Å². The van der Waals surface area contributed by atoms with Crippen molar-refractivity contribution >= 4 is 23.5 Å². The van der Waals surface area contributed by atoms with Crippen LogP contribution in [0.3, 0.4) is 0 Å². The zero-order valence-corrected chi connectivity index (χ0v) is 26.9. The van der Waals surface area contributed by atoms with Crippen LogP contribution in [-0.2, 0) is 33.3 Å². The lowest BCUT2D eigenvalue weighted by molar-refractivity contribution is -0.452. The number of aromatic hydroxyl groups is 1. The predicted molar refractivity (Wildman–Crippen MR) is 157 cm³/mol. The number of rotatable bonds is 7. The van der Waals surface area contributed by atoms with Gasteiger partial charge in [0.2, 0.25) is 0 Å². The van der Waals surface area contributed by atoms with Gasteiger partial charge in [-0.3, -0.25) is 9.59 Å². The summed E-state index contributed by atoms with van der Waals surface area (Å²) in [7, 11) is 1.61. The van der Waals surface area contributed by atoms with Crippen LogP contribution in [0.2, 0.25) is 5.02 Å². The van der Waals surface area contributed by atoms with Gasteiger partial charge < -0.3 is 39.0 Å². The molecule has 4 rings (SSSR count). The molecule has 1 aromatic carbocycles. The molecule has 0 radical (unpaired) electrons. The fraction of sp³-hybridized carbons (Fsp3) is 0.750. The zero-order valence-electron chi connectivity index (χ0n) is 26.2. The van der Waals surface area contributed by atoms with Crippen LogP contribution in [0.4, 0.5) is 0 Å². The highest BCUT2D eigenvalue weighted by Gasteiger charge is 2.64. The molecule has 3 heterocycles. The first-order valence-electron chi connectivity index (χ1n) is 15.2. The molecule has 0 aliphatic carbocycles. The number of phenolic OH excluding ortho intramolecular Hbond substituents is 1. The monoisotopic (exact) mass is 626 g/mol. The summed E-state index contributed by atoms with van der Waals surface area (Å²) in [6.07, 6.45) is -2.49. The van der Waals surface area contributed by atoms with Crippen molar-refractivity contribution in [1.29, 1.82) is 0 Å². The van der Waals surface area contributed by atoms with Crippen molar-refractivity contribution in [3.05, 3.63) is 28.8 Å². The van der Waals surface area contributed by atoms with Crippen LogP contribution >= 0.6 is 11.6 Å². The molecule has 3 fully saturated rings. The van der Waals surface area contributed by atoms with Crippen molar-refractivity contribution in [2.45, 2.75) is 122 Å². The van der Waals surface area contributed by atoms with E-state index in [2.05, 4.69) is 6.92 Å². The maximum absolute atomic E-state index is 13.2. The molecule has 3 saturated heterocycles. The van der Waals surface area contributed by atoms with Crippen LogP contribution in [0.5, 0.6) is 5.75 Å². The van der Waals surface area contributed by atoms with Gasteiger partial charge in [-0.25, -0.2) is 0 Å². The topological polar surface area (TPSA) is 141 Å². The molecular weight excluding hydrogens is 580 g/mol. The molecule has 11 heteroatoms. The molecule has 1 unspecified atom stereocenters. The molecule has 1 spiro atoms. The standard InChI is InChI=1S/C32H47ClO10/c1-17(8-11-24(39-7)21-9-10-22(33)23(35)12-21)29-19(3)26-15-32(42-29)30(5,6)14-18(2)31(38,43-32)16-28(37)40-25(20(4)34)13-27(36)41-26/h9-10,12,17-20,24-26,29,34-35,38H,8,11,13-16H2,1-7H3/t17-,18+,19?,20+,24-,25+,26-,29+,31-,32-/m0/s1. The second-order valence-electron chi connectivity index (χ2n) is 13.5. The van der Waals surface area contributed by atoms with E-state index in [0.29, 0.717) is 19.3 Å². The average Bonchev–Trinajstić information content (AvgIpc) is 2.90. The quantitative estimate of drug-likeness (QED) is 0.353. The average molecular weight is 627 g/mol. The molecule has 43 heavy (non-hydrogen) atoms. The van der Waals surface area contributed by atoms with E-state index >= 15 is 0 Å². The minimum Gasteiger partial charge on any atom is -0.506 e. The number of benzene rings is 1. The Morgan fingerprint density at radius 2 is 1.79 bits per heavy atom. The Hall–Kier alpha value is -1.95. The number of methoxy groups -OCH3 is 1. The number of aliphatic hydroxyl groups is 2. The van der Waals surface area contributed by atoms with Crippen LogP contribution < -0.4 is 0 Å². The summed E-state index contributed by atoms with van der Waals surface area (Å²) in [6.45, 7) is 11.3. The number of phenols is 1. The maximum Gasteiger partial charge on any atom is 0.311 e. The highest BCUT2D eigenvalue weighted by molar-refractivity contribution is 6.32. The fourth-order valence-corrected chi connectivity index (χ4v) is 7.09. The van der Waals surface area contributed by atoms with Gasteiger partial charge in [-0.05, 0) is 49.8 Å². The largest absolute Gasteiger partial charge is 0.506 e. The first-order chi connectivity index (χ1) is 20.0. The summed E-state index contributed by atoms with van der Waals surface area (Å²) < 4.78 is 30.6. The second kappa shape index (κ2) is 12.8. The van der Waals surface area contributed by atoms with Crippen LogP contribution in [0.1, 0.15) is 91.7 Å². The van der Waals surface area contributed by atoms with E-state index in [1.54, 1.807) is 19.2 Å². The van der Waals surface area contributed by atoms with Crippen molar-refractivity contribution in [2.24, 2.45) is 23.2 Å². The normalized spacial score (nSPS) is 36.7. The first-order valence-corrected chi connectivity index (χ1v) is 15.6. The molecule has 0 amide bonds. The molecule has 3 N–H and O–H groups in total. The smallest absolute Gasteiger partial charge is 0.311 e. The van der Waals surface area contributed by atoms with Crippen molar-refractivity contribution in [1.82, 2.24) is 0 Å². The first kappa shape index (κ1) is 33.9. The van der Waals surface area contributed by atoms with E-state index in [1.807, 2.05) is 33.8 Å². The van der Waals surface area contributed by atoms with Crippen LogP contribution in [0, 0.1) is 23.2 Å².